The molecule has 8 heteroatoms. The number of alkyl halides is 6. The summed E-state index contributed by atoms with van der Waals surface area (Å²) in [5.41, 5.74) is -1.60. The number of hydrogen-bond donors (Lipinski definition) is 0. The Morgan fingerprint density at radius 1 is 1.08 bits per heavy atom. The number of hydrogen-bond acceptors (Lipinski definition) is 1. The summed E-state index contributed by atoms with van der Waals surface area (Å²) < 4.78 is 77.1. The van der Waals surface area contributed by atoms with E-state index in [4.69, 9.17) is 0 Å². The summed E-state index contributed by atoms with van der Waals surface area (Å²) in [6.07, 6.45) is -8.35. The zero-order valence-electron chi connectivity index (χ0n) is 12.5. The lowest BCUT2D eigenvalue weighted by molar-refractivity contribution is -0.136. The molecule has 0 N–H and O–H groups in total. The van der Waals surface area contributed by atoms with Crippen LogP contribution < -0.4 is 5.56 Å². The van der Waals surface area contributed by atoms with Crippen molar-refractivity contribution >= 4 is 17.0 Å². The number of pyridine rings is 1. The first-order valence-corrected chi connectivity index (χ1v) is 7.01. The van der Waals surface area contributed by atoms with E-state index in [0.717, 1.165) is 18.2 Å². The van der Waals surface area contributed by atoms with E-state index in [0.29, 0.717) is 6.07 Å². The van der Waals surface area contributed by atoms with Gasteiger partial charge >= 0.3 is 12.4 Å². The minimum atomic E-state index is -4.74. The maximum absolute atomic E-state index is 13.2. The summed E-state index contributed by atoms with van der Waals surface area (Å²) >= 11 is 0. The molecule has 2 aromatic rings. The van der Waals surface area contributed by atoms with Gasteiger partial charge in [0.2, 0.25) is 0 Å². The largest absolute Gasteiger partial charge is 0.417 e. The van der Waals surface area contributed by atoms with Gasteiger partial charge in [0.05, 0.1) is 17.5 Å². The summed E-state index contributed by atoms with van der Waals surface area (Å²) in [5, 5.41) is -0.224. The quantitative estimate of drug-likeness (QED) is 0.715. The normalized spacial score (nSPS) is 13.1. The SMILES string of the molecule is CCn1c(=O)cc(C(F)(F)F)c2cc(C=CCC(F)(F)F)ccc21. The van der Waals surface area contributed by atoms with Crippen molar-refractivity contribution in [3.05, 3.63) is 51.8 Å². The fourth-order valence-corrected chi connectivity index (χ4v) is 2.40. The molecule has 0 aliphatic heterocycles. The number of rotatable bonds is 3. The summed E-state index contributed by atoms with van der Waals surface area (Å²) in [6, 6.07) is 4.33. The van der Waals surface area contributed by atoms with E-state index in [1.165, 1.54) is 16.7 Å². The highest BCUT2D eigenvalue weighted by Crippen LogP contribution is 2.34. The van der Waals surface area contributed by atoms with E-state index >= 15 is 0 Å². The number of nitrogens with zero attached hydrogens (tertiary/aromatic N) is 1. The van der Waals surface area contributed by atoms with Crippen LogP contribution in [0.2, 0.25) is 0 Å². The van der Waals surface area contributed by atoms with Gasteiger partial charge in [-0.15, -0.1) is 0 Å². The molecule has 0 spiro atoms. The Morgan fingerprint density at radius 3 is 2.29 bits per heavy atom. The zero-order chi connectivity index (χ0) is 18.1. The third kappa shape index (κ3) is 3.98. The van der Waals surface area contributed by atoms with Gasteiger partial charge in [-0.1, -0.05) is 18.2 Å². The van der Waals surface area contributed by atoms with Crippen LogP contribution in [-0.2, 0) is 12.7 Å². The van der Waals surface area contributed by atoms with Gasteiger partial charge in [0, 0.05) is 18.0 Å². The third-order valence-corrected chi connectivity index (χ3v) is 3.42. The van der Waals surface area contributed by atoms with Crippen LogP contribution in [0.25, 0.3) is 17.0 Å². The minimum absolute atomic E-state index is 0.0882. The van der Waals surface area contributed by atoms with Crippen LogP contribution in [0.3, 0.4) is 0 Å². The Bertz CT molecular complexity index is 829. The number of aryl methyl sites for hydroxylation is 1. The first-order chi connectivity index (χ1) is 11.0. The predicted molar refractivity (Wildman–Crippen MR) is 78.6 cm³/mol. The summed E-state index contributed by atoms with van der Waals surface area (Å²) in [6.45, 7) is 1.79. The molecule has 24 heavy (non-hydrogen) atoms. The van der Waals surface area contributed by atoms with Crippen molar-refractivity contribution in [3.8, 4) is 0 Å². The Labute approximate surface area is 133 Å². The second-order valence-electron chi connectivity index (χ2n) is 5.14. The molecule has 2 rings (SSSR count). The van der Waals surface area contributed by atoms with Crippen LogP contribution in [0.5, 0.6) is 0 Å². The van der Waals surface area contributed by atoms with Gasteiger partial charge in [0.1, 0.15) is 0 Å². The molecule has 0 amide bonds. The molecule has 0 fully saturated rings. The molecule has 0 aliphatic carbocycles. The zero-order valence-corrected chi connectivity index (χ0v) is 12.5. The molecule has 1 heterocycles. The number of fused-ring (bicyclic) bond motifs is 1. The molecule has 1 aromatic heterocycles. The lowest BCUT2D eigenvalue weighted by Gasteiger charge is -2.14. The van der Waals surface area contributed by atoms with E-state index in [1.807, 2.05) is 0 Å². The van der Waals surface area contributed by atoms with Gasteiger partial charge in [-0.05, 0) is 24.6 Å². The van der Waals surface area contributed by atoms with Crippen LogP contribution >= 0.6 is 0 Å². The highest BCUT2D eigenvalue weighted by Gasteiger charge is 2.33. The Kier molecular flexibility index (Phi) is 4.77. The van der Waals surface area contributed by atoms with Crippen molar-refractivity contribution in [2.45, 2.75) is 32.2 Å². The average Bonchev–Trinajstić information content (AvgIpc) is 2.44. The molecular weight excluding hydrogens is 336 g/mol. The smallest absolute Gasteiger partial charge is 0.309 e. The Balaban J connectivity index is 2.62. The monoisotopic (exact) mass is 349 g/mol. The topological polar surface area (TPSA) is 22.0 Å². The molecule has 0 radical (unpaired) electrons. The fourth-order valence-electron chi connectivity index (χ4n) is 2.40. The first-order valence-electron chi connectivity index (χ1n) is 7.01. The number of allylic oxidation sites excluding steroid dienone is 1. The molecule has 0 saturated heterocycles. The van der Waals surface area contributed by atoms with E-state index in [9.17, 15) is 31.1 Å². The van der Waals surface area contributed by atoms with Gasteiger partial charge in [0.15, 0.2) is 0 Å². The molecule has 1 aromatic carbocycles. The summed E-state index contributed by atoms with van der Waals surface area (Å²) in [5.74, 6) is 0. The van der Waals surface area contributed by atoms with Crippen molar-refractivity contribution in [1.29, 1.82) is 0 Å². The van der Waals surface area contributed by atoms with Crippen LogP contribution in [0.4, 0.5) is 26.3 Å². The minimum Gasteiger partial charge on any atom is -0.309 e. The standard InChI is InChI=1S/C16H13F6NO/c1-2-23-13-6-5-10(4-3-7-15(17,18)19)8-11(13)12(9-14(23)24)16(20,21)22/h3-6,8-9H,2,7H2,1H3. The van der Waals surface area contributed by atoms with Crippen LogP contribution in [0.1, 0.15) is 24.5 Å². The lowest BCUT2D eigenvalue weighted by Crippen LogP contribution is -2.22. The molecule has 0 atom stereocenters. The molecule has 2 nitrogen and oxygen atoms in total. The van der Waals surface area contributed by atoms with Crippen LogP contribution in [0, 0.1) is 0 Å². The van der Waals surface area contributed by atoms with Gasteiger partial charge in [-0.25, -0.2) is 0 Å². The molecule has 0 aliphatic rings. The number of benzene rings is 1. The Morgan fingerprint density at radius 2 is 1.75 bits per heavy atom. The van der Waals surface area contributed by atoms with Crippen molar-refractivity contribution in [2.75, 3.05) is 0 Å². The molecule has 0 unspecified atom stereocenters. The van der Waals surface area contributed by atoms with E-state index in [1.54, 1.807) is 6.92 Å². The van der Waals surface area contributed by atoms with Crippen molar-refractivity contribution in [1.82, 2.24) is 4.57 Å². The maximum atomic E-state index is 13.2. The molecule has 0 saturated carbocycles. The highest BCUT2D eigenvalue weighted by molar-refractivity contribution is 5.85. The predicted octanol–water partition coefficient (Wildman–Crippen LogP) is 5.01. The molecular formula is C16H13F6NO. The van der Waals surface area contributed by atoms with Gasteiger partial charge in [-0.2, -0.15) is 26.3 Å². The van der Waals surface area contributed by atoms with E-state index in [-0.39, 0.29) is 23.0 Å². The van der Waals surface area contributed by atoms with Crippen molar-refractivity contribution < 1.29 is 26.3 Å². The second kappa shape index (κ2) is 6.33. The first kappa shape index (κ1) is 18.1. The van der Waals surface area contributed by atoms with Crippen LogP contribution in [-0.4, -0.2) is 10.7 Å². The number of aromatic nitrogens is 1. The molecule has 0 bridgehead atoms. The third-order valence-electron chi connectivity index (χ3n) is 3.42. The van der Waals surface area contributed by atoms with Crippen molar-refractivity contribution in [2.24, 2.45) is 0 Å². The second-order valence-corrected chi connectivity index (χ2v) is 5.14. The van der Waals surface area contributed by atoms with Gasteiger partial charge < -0.3 is 4.57 Å². The van der Waals surface area contributed by atoms with Gasteiger partial charge in [0.25, 0.3) is 5.56 Å². The average molecular weight is 349 g/mol. The van der Waals surface area contributed by atoms with Crippen LogP contribution in [0.15, 0.2) is 35.1 Å². The number of halogens is 6. The van der Waals surface area contributed by atoms with E-state index < -0.39 is 29.9 Å². The fraction of sp³-hybridized carbons (Fsp3) is 0.312. The summed E-state index contributed by atoms with van der Waals surface area (Å²) in [7, 11) is 0. The Hall–Kier alpha value is -2.25. The highest BCUT2D eigenvalue weighted by atomic mass is 19.4. The van der Waals surface area contributed by atoms with Gasteiger partial charge in [-0.3, -0.25) is 4.79 Å². The van der Waals surface area contributed by atoms with E-state index in [2.05, 4.69) is 0 Å². The lowest BCUT2D eigenvalue weighted by atomic mass is 10.0. The van der Waals surface area contributed by atoms with Crippen molar-refractivity contribution in [3.63, 3.8) is 0 Å². The summed E-state index contributed by atoms with van der Waals surface area (Å²) in [4.78, 5) is 11.8. The maximum Gasteiger partial charge on any atom is 0.417 e. The molecule has 130 valence electrons.